The van der Waals surface area contributed by atoms with E-state index in [1.54, 1.807) is 24.1 Å². The summed E-state index contributed by atoms with van der Waals surface area (Å²) in [6.45, 7) is 0.350. The second-order valence-corrected chi connectivity index (χ2v) is 6.11. The number of rotatable bonds is 4. The first-order valence-corrected chi connectivity index (χ1v) is 8.25. The van der Waals surface area contributed by atoms with E-state index in [0.717, 1.165) is 5.52 Å². The molecule has 1 aliphatic rings. The van der Waals surface area contributed by atoms with Crippen molar-refractivity contribution in [3.8, 4) is 0 Å². The topological polar surface area (TPSA) is 97.5 Å². The van der Waals surface area contributed by atoms with Crippen LogP contribution < -0.4 is 5.32 Å². The van der Waals surface area contributed by atoms with Gasteiger partial charge in [0.05, 0.1) is 11.0 Å². The van der Waals surface area contributed by atoms with E-state index in [2.05, 4.69) is 14.6 Å². The highest BCUT2D eigenvalue weighted by atomic mass is 31.0. The minimum Gasteiger partial charge on any atom is -0.349 e. The van der Waals surface area contributed by atoms with E-state index in [9.17, 15) is 19.7 Å². The van der Waals surface area contributed by atoms with Gasteiger partial charge in [-0.3, -0.25) is 19.7 Å². The molecule has 2 aromatic rings. The van der Waals surface area contributed by atoms with Crippen LogP contribution in [0.1, 0.15) is 23.0 Å². The smallest absolute Gasteiger partial charge is 0.270 e. The molecule has 1 aliphatic heterocycles. The molecule has 0 bridgehead atoms. The highest BCUT2D eigenvalue weighted by molar-refractivity contribution is 7.16. The number of carbonyl (C=O) groups is 2. The molecule has 1 aromatic carbocycles. The van der Waals surface area contributed by atoms with Gasteiger partial charge in [0, 0.05) is 49.3 Å². The number of aromatic nitrogens is 1. The molecule has 9 heteroatoms. The Kier molecular flexibility index (Phi) is 4.24. The van der Waals surface area contributed by atoms with Crippen LogP contribution in [0, 0.1) is 10.1 Å². The van der Waals surface area contributed by atoms with Gasteiger partial charge in [-0.25, -0.2) is 0 Å². The number of nitro benzene ring substituents is 1. The number of hydrogen-bond donors (Lipinski definition) is 1. The van der Waals surface area contributed by atoms with Crippen LogP contribution in [0.2, 0.25) is 0 Å². The fraction of sp³-hybridized carbons (Fsp3) is 0.333. The summed E-state index contributed by atoms with van der Waals surface area (Å²) in [6.07, 6.45) is 0.780. The Bertz CT molecular complexity index is 847. The summed E-state index contributed by atoms with van der Waals surface area (Å²) in [5.74, 6) is -0.266. The van der Waals surface area contributed by atoms with Crippen molar-refractivity contribution in [1.82, 2.24) is 14.8 Å². The molecule has 0 aliphatic carbocycles. The van der Waals surface area contributed by atoms with Crippen LogP contribution >= 0.6 is 9.24 Å². The molecule has 1 N–H and O–H groups in total. The van der Waals surface area contributed by atoms with Crippen LogP contribution in [-0.2, 0) is 4.79 Å². The van der Waals surface area contributed by atoms with Gasteiger partial charge in [-0.1, -0.05) is 0 Å². The summed E-state index contributed by atoms with van der Waals surface area (Å²) >= 11 is 0. The fourth-order valence-corrected chi connectivity index (χ4v) is 3.12. The molecule has 3 rings (SSSR count). The SMILES string of the molecule is CN(CP)C(=O)CC1CNC(=O)c2cc3cc([N+](=O)[O-])ccc3n21. The van der Waals surface area contributed by atoms with E-state index in [0.29, 0.717) is 23.9 Å². The maximum absolute atomic E-state index is 12.2. The van der Waals surface area contributed by atoms with Crippen LogP contribution in [0.5, 0.6) is 0 Å². The lowest BCUT2D eigenvalue weighted by molar-refractivity contribution is -0.384. The van der Waals surface area contributed by atoms with E-state index >= 15 is 0 Å². The molecular weight excluding hydrogens is 331 g/mol. The Balaban J connectivity index is 2.05. The number of benzene rings is 1. The molecule has 8 nitrogen and oxygen atoms in total. The molecule has 0 saturated carbocycles. The average molecular weight is 348 g/mol. The van der Waals surface area contributed by atoms with Crippen molar-refractivity contribution in [2.75, 3.05) is 19.9 Å². The van der Waals surface area contributed by atoms with Crippen LogP contribution in [0.4, 0.5) is 5.69 Å². The maximum atomic E-state index is 12.2. The predicted octanol–water partition coefficient (Wildman–Crippen LogP) is 1.52. The molecule has 1 aromatic heterocycles. The first kappa shape index (κ1) is 16.4. The van der Waals surface area contributed by atoms with Crippen molar-refractivity contribution >= 4 is 37.6 Å². The van der Waals surface area contributed by atoms with Crippen LogP contribution in [0.3, 0.4) is 0 Å². The zero-order chi connectivity index (χ0) is 17.4. The van der Waals surface area contributed by atoms with Crippen molar-refractivity contribution in [2.45, 2.75) is 12.5 Å². The Morgan fingerprint density at radius 1 is 1.50 bits per heavy atom. The van der Waals surface area contributed by atoms with E-state index < -0.39 is 4.92 Å². The molecule has 24 heavy (non-hydrogen) atoms. The second-order valence-electron chi connectivity index (χ2n) is 5.74. The first-order valence-electron chi connectivity index (χ1n) is 7.44. The number of fused-ring (bicyclic) bond motifs is 3. The molecule has 2 unspecified atom stereocenters. The van der Waals surface area contributed by atoms with E-state index in [-0.39, 0.29) is 30.0 Å². The van der Waals surface area contributed by atoms with Gasteiger partial charge in [0.25, 0.3) is 11.6 Å². The number of nitrogens with zero attached hydrogens (tertiary/aromatic N) is 3. The fourth-order valence-electron chi connectivity index (χ4n) is 2.92. The summed E-state index contributed by atoms with van der Waals surface area (Å²) in [4.78, 5) is 36.4. The minimum absolute atomic E-state index is 0.0266. The molecule has 0 spiro atoms. The second kappa shape index (κ2) is 6.20. The zero-order valence-corrected chi connectivity index (χ0v) is 14.2. The monoisotopic (exact) mass is 348 g/mol. The molecule has 0 radical (unpaired) electrons. The number of nitrogens with one attached hydrogen (secondary N) is 1. The van der Waals surface area contributed by atoms with E-state index in [1.807, 2.05) is 4.57 Å². The molecule has 0 fully saturated rings. The van der Waals surface area contributed by atoms with E-state index in [4.69, 9.17) is 0 Å². The lowest BCUT2D eigenvalue weighted by atomic mass is 10.1. The largest absolute Gasteiger partial charge is 0.349 e. The molecular formula is C15H17N4O4P. The van der Waals surface area contributed by atoms with Crippen molar-refractivity contribution in [3.63, 3.8) is 0 Å². The summed E-state index contributed by atoms with van der Waals surface area (Å²) in [5, 5.41) is 14.3. The van der Waals surface area contributed by atoms with Crippen molar-refractivity contribution in [3.05, 3.63) is 40.1 Å². The van der Waals surface area contributed by atoms with Crippen LogP contribution in [0.15, 0.2) is 24.3 Å². The van der Waals surface area contributed by atoms with Gasteiger partial charge in [0.1, 0.15) is 5.69 Å². The van der Waals surface area contributed by atoms with Crippen molar-refractivity contribution in [2.24, 2.45) is 0 Å². The molecule has 2 atom stereocenters. The van der Waals surface area contributed by atoms with Crippen molar-refractivity contribution in [1.29, 1.82) is 0 Å². The van der Waals surface area contributed by atoms with Crippen LogP contribution in [-0.4, -0.2) is 46.1 Å². The quantitative estimate of drug-likeness (QED) is 0.514. The summed E-state index contributed by atoms with van der Waals surface area (Å²) in [5.41, 5.74) is 1.11. The number of carbonyl (C=O) groups excluding carboxylic acids is 2. The number of hydrogen-bond acceptors (Lipinski definition) is 4. The van der Waals surface area contributed by atoms with Gasteiger partial charge in [-0.05, 0) is 12.1 Å². The number of amides is 2. The standard InChI is InChI=1S/C15H17N4O4P/c1-17(8-24)14(20)6-11-7-16-15(21)13-5-9-4-10(19(22)23)2-3-12(9)18(11)13/h2-5,11H,6-8,24H2,1H3,(H,16,21). The lowest BCUT2D eigenvalue weighted by Crippen LogP contribution is -2.41. The summed E-state index contributed by atoms with van der Waals surface area (Å²) in [7, 11) is 4.21. The predicted molar refractivity (Wildman–Crippen MR) is 91.9 cm³/mol. The maximum Gasteiger partial charge on any atom is 0.270 e. The van der Waals surface area contributed by atoms with Gasteiger partial charge >= 0.3 is 0 Å². The highest BCUT2D eigenvalue weighted by Gasteiger charge is 2.29. The Labute approximate surface area is 140 Å². The Hall–Kier alpha value is -2.47. The number of non-ortho nitro benzene ring substituents is 1. The minimum atomic E-state index is -0.467. The van der Waals surface area contributed by atoms with E-state index in [1.165, 1.54) is 12.1 Å². The average Bonchev–Trinajstić information content (AvgIpc) is 2.96. The molecule has 126 valence electrons. The molecule has 2 heterocycles. The van der Waals surface area contributed by atoms with Crippen molar-refractivity contribution < 1.29 is 14.5 Å². The van der Waals surface area contributed by atoms with Gasteiger partial charge in [0.2, 0.25) is 5.91 Å². The van der Waals surface area contributed by atoms with Gasteiger partial charge < -0.3 is 14.8 Å². The highest BCUT2D eigenvalue weighted by Crippen LogP contribution is 2.31. The third-order valence-corrected chi connectivity index (χ3v) is 4.79. The van der Waals surface area contributed by atoms with Gasteiger partial charge in [0.15, 0.2) is 0 Å². The molecule has 2 amide bonds. The first-order chi connectivity index (χ1) is 11.4. The van der Waals surface area contributed by atoms with Crippen LogP contribution in [0.25, 0.3) is 10.9 Å². The lowest BCUT2D eigenvalue weighted by Gasteiger charge is -2.28. The number of nitro groups is 1. The molecule has 0 saturated heterocycles. The summed E-state index contributed by atoms with van der Waals surface area (Å²) < 4.78 is 1.81. The third-order valence-electron chi connectivity index (χ3n) is 4.24. The van der Waals surface area contributed by atoms with Gasteiger partial charge in [-0.15, -0.1) is 9.24 Å². The normalized spacial score (nSPS) is 16.6. The Morgan fingerprint density at radius 3 is 2.92 bits per heavy atom. The van der Waals surface area contributed by atoms with Gasteiger partial charge in [-0.2, -0.15) is 0 Å². The third kappa shape index (κ3) is 2.73. The zero-order valence-electron chi connectivity index (χ0n) is 13.1. The Morgan fingerprint density at radius 2 is 2.25 bits per heavy atom. The summed E-state index contributed by atoms with van der Waals surface area (Å²) in [6, 6.07) is 5.90.